The first-order chi connectivity index (χ1) is 9.61. The molecule has 21 heavy (non-hydrogen) atoms. The van der Waals surface area contributed by atoms with Crippen LogP contribution in [-0.4, -0.2) is 29.7 Å². The summed E-state index contributed by atoms with van der Waals surface area (Å²) in [6.45, 7) is 3.29. The van der Waals surface area contributed by atoms with Crippen LogP contribution in [0.25, 0.3) is 0 Å². The molecule has 1 amide bonds. The standard InChI is InChI=1S/C14H16BrF3N2O/c1-13(2)8-20(19-12(13)21)11(14(16,17)18)7-9-5-3-4-6-10(9)15/h3-6,11H,7-8H2,1-2H3,(H,19,21). The van der Waals surface area contributed by atoms with Crippen molar-refractivity contribution in [1.82, 2.24) is 10.4 Å². The normalized spacial score (nSPS) is 20.4. The maximum absolute atomic E-state index is 13.4. The van der Waals surface area contributed by atoms with Gasteiger partial charge in [-0.3, -0.25) is 10.2 Å². The second-order valence-corrected chi connectivity index (χ2v) is 6.66. The minimum atomic E-state index is -4.43. The molecule has 1 saturated heterocycles. The fourth-order valence-corrected chi connectivity index (χ4v) is 2.73. The average molecular weight is 365 g/mol. The van der Waals surface area contributed by atoms with Gasteiger partial charge in [0, 0.05) is 11.0 Å². The van der Waals surface area contributed by atoms with Gasteiger partial charge in [0.25, 0.3) is 0 Å². The molecule has 0 saturated carbocycles. The molecule has 1 N–H and O–H groups in total. The number of carbonyl (C=O) groups is 1. The Kier molecular flexibility index (Phi) is 4.35. The van der Waals surface area contributed by atoms with Crippen molar-refractivity contribution in [1.29, 1.82) is 0 Å². The molecule has 1 aliphatic rings. The van der Waals surface area contributed by atoms with Crippen molar-refractivity contribution in [3.63, 3.8) is 0 Å². The average Bonchev–Trinajstić information content (AvgIpc) is 2.61. The van der Waals surface area contributed by atoms with E-state index in [0.29, 0.717) is 10.0 Å². The highest BCUT2D eigenvalue weighted by Crippen LogP contribution is 2.33. The van der Waals surface area contributed by atoms with E-state index in [4.69, 9.17) is 0 Å². The summed E-state index contributed by atoms with van der Waals surface area (Å²) in [5.74, 6) is -0.385. The van der Waals surface area contributed by atoms with Gasteiger partial charge >= 0.3 is 6.18 Å². The van der Waals surface area contributed by atoms with E-state index < -0.39 is 17.6 Å². The van der Waals surface area contributed by atoms with Gasteiger partial charge in [-0.1, -0.05) is 34.1 Å². The third kappa shape index (κ3) is 3.58. The van der Waals surface area contributed by atoms with Crippen LogP contribution in [0.3, 0.4) is 0 Å². The lowest BCUT2D eigenvalue weighted by atomic mass is 9.94. The first-order valence-electron chi connectivity index (χ1n) is 6.49. The molecular weight excluding hydrogens is 349 g/mol. The van der Waals surface area contributed by atoms with Gasteiger partial charge in [-0.2, -0.15) is 13.2 Å². The number of amides is 1. The molecule has 1 aliphatic heterocycles. The van der Waals surface area contributed by atoms with E-state index >= 15 is 0 Å². The molecule has 0 bridgehead atoms. The fraction of sp³-hybridized carbons (Fsp3) is 0.500. The van der Waals surface area contributed by atoms with E-state index in [2.05, 4.69) is 21.4 Å². The van der Waals surface area contributed by atoms with Crippen LogP contribution in [0.5, 0.6) is 0 Å². The largest absolute Gasteiger partial charge is 0.406 e. The van der Waals surface area contributed by atoms with Crippen LogP contribution < -0.4 is 5.43 Å². The monoisotopic (exact) mass is 364 g/mol. The van der Waals surface area contributed by atoms with Crippen LogP contribution in [-0.2, 0) is 11.2 Å². The van der Waals surface area contributed by atoms with Gasteiger partial charge in [-0.25, -0.2) is 5.01 Å². The summed E-state index contributed by atoms with van der Waals surface area (Å²) in [4.78, 5) is 11.7. The lowest BCUT2D eigenvalue weighted by Gasteiger charge is -2.29. The van der Waals surface area contributed by atoms with Gasteiger partial charge in [0.2, 0.25) is 5.91 Å². The smallest absolute Gasteiger partial charge is 0.288 e. The number of benzene rings is 1. The predicted octanol–water partition coefficient (Wildman–Crippen LogP) is 3.30. The molecule has 1 aromatic carbocycles. The van der Waals surface area contributed by atoms with E-state index in [0.717, 1.165) is 5.01 Å². The van der Waals surface area contributed by atoms with Gasteiger partial charge in [0.1, 0.15) is 6.04 Å². The summed E-state index contributed by atoms with van der Waals surface area (Å²) in [6, 6.07) is 5.04. The quantitative estimate of drug-likeness (QED) is 0.892. The Bertz CT molecular complexity index is 545. The third-order valence-corrected chi connectivity index (χ3v) is 4.32. The van der Waals surface area contributed by atoms with Crippen molar-refractivity contribution >= 4 is 21.8 Å². The Labute approximate surface area is 129 Å². The number of hydrazine groups is 1. The summed E-state index contributed by atoms with van der Waals surface area (Å²) in [6.07, 6.45) is -4.65. The zero-order chi connectivity index (χ0) is 15.8. The maximum Gasteiger partial charge on any atom is 0.406 e. The van der Waals surface area contributed by atoms with Crippen LogP contribution in [0.1, 0.15) is 19.4 Å². The van der Waals surface area contributed by atoms with Crippen molar-refractivity contribution in [3.8, 4) is 0 Å². The van der Waals surface area contributed by atoms with E-state index in [9.17, 15) is 18.0 Å². The van der Waals surface area contributed by atoms with Crippen LogP contribution in [0, 0.1) is 5.41 Å². The minimum Gasteiger partial charge on any atom is -0.288 e. The zero-order valence-corrected chi connectivity index (χ0v) is 13.3. The summed E-state index contributed by atoms with van der Waals surface area (Å²) in [5, 5.41) is 1.00. The number of hydrogen-bond acceptors (Lipinski definition) is 2. The number of rotatable bonds is 3. The van der Waals surface area contributed by atoms with Gasteiger partial charge in [-0.05, 0) is 31.9 Å². The molecule has 3 nitrogen and oxygen atoms in total. The van der Waals surface area contributed by atoms with E-state index in [1.165, 1.54) is 0 Å². The molecule has 2 rings (SSSR count). The van der Waals surface area contributed by atoms with Gasteiger partial charge < -0.3 is 0 Å². The number of nitrogens with zero attached hydrogens (tertiary/aromatic N) is 1. The second kappa shape index (κ2) is 5.61. The highest BCUT2D eigenvalue weighted by Gasteiger charge is 2.50. The fourth-order valence-electron chi connectivity index (χ4n) is 2.28. The third-order valence-electron chi connectivity index (χ3n) is 3.55. The molecule has 1 unspecified atom stereocenters. The Balaban J connectivity index is 2.25. The molecule has 116 valence electrons. The number of alkyl halides is 3. The topological polar surface area (TPSA) is 32.3 Å². The molecule has 0 radical (unpaired) electrons. The highest BCUT2D eigenvalue weighted by atomic mass is 79.9. The SMILES string of the molecule is CC1(C)CN(C(Cc2ccccc2Br)C(F)(F)F)NC1=O. The van der Waals surface area contributed by atoms with E-state index in [1.807, 2.05) is 0 Å². The van der Waals surface area contributed by atoms with Crippen LogP contribution in [0.4, 0.5) is 13.2 Å². The summed E-state index contributed by atoms with van der Waals surface area (Å²) >= 11 is 3.26. The molecule has 1 heterocycles. The van der Waals surface area contributed by atoms with Crippen molar-refractivity contribution < 1.29 is 18.0 Å². The number of carbonyl (C=O) groups excluding carboxylic acids is 1. The lowest BCUT2D eigenvalue weighted by molar-refractivity contribution is -0.188. The Morgan fingerprint density at radius 1 is 1.38 bits per heavy atom. The Hall–Kier alpha value is -1.08. The van der Waals surface area contributed by atoms with Gasteiger partial charge in [0.15, 0.2) is 0 Å². The Morgan fingerprint density at radius 3 is 2.48 bits per heavy atom. The molecule has 1 atom stereocenters. The predicted molar refractivity (Wildman–Crippen MR) is 76.3 cm³/mol. The molecule has 0 aliphatic carbocycles. The van der Waals surface area contributed by atoms with Gasteiger partial charge in [-0.15, -0.1) is 0 Å². The molecule has 1 fully saturated rings. The highest BCUT2D eigenvalue weighted by molar-refractivity contribution is 9.10. The number of halogens is 4. The second-order valence-electron chi connectivity index (χ2n) is 5.81. The molecule has 7 heteroatoms. The van der Waals surface area contributed by atoms with Crippen molar-refractivity contribution in [3.05, 3.63) is 34.3 Å². The van der Waals surface area contributed by atoms with Gasteiger partial charge in [0.05, 0.1) is 5.41 Å². The van der Waals surface area contributed by atoms with Crippen molar-refractivity contribution in [2.75, 3.05) is 6.54 Å². The molecule has 0 spiro atoms. The first-order valence-corrected chi connectivity index (χ1v) is 7.28. The lowest BCUT2D eigenvalue weighted by Crippen LogP contribution is -2.51. The van der Waals surface area contributed by atoms with Crippen molar-refractivity contribution in [2.24, 2.45) is 5.41 Å². The van der Waals surface area contributed by atoms with Crippen LogP contribution >= 0.6 is 15.9 Å². The van der Waals surface area contributed by atoms with E-state index in [-0.39, 0.29) is 18.9 Å². The molecular formula is C14H16BrF3N2O. The summed E-state index contributed by atoms with van der Waals surface area (Å²) in [5.41, 5.74) is 2.08. The van der Waals surface area contributed by atoms with Crippen molar-refractivity contribution in [2.45, 2.75) is 32.5 Å². The summed E-state index contributed by atoms with van der Waals surface area (Å²) in [7, 11) is 0. The first kappa shape index (κ1) is 16.3. The maximum atomic E-state index is 13.4. The zero-order valence-electron chi connectivity index (χ0n) is 11.7. The molecule has 0 aromatic heterocycles. The molecule has 1 aromatic rings. The van der Waals surface area contributed by atoms with Crippen LogP contribution in [0.15, 0.2) is 28.7 Å². The minimum absolute atomic E-state index is 0.0282. The summed E-state index contributed by atoms with van der Waals surface area (Å²) < 4.78 is 40.7. The van der Waals surface area contributed by atoms with Crippen LogP contribution in [0.2, 0.25) is 0 Å². The van der Waals surface area contributed by atoms with E-state index in [1.54, 1.807) is 38.1 Å². The number of nitrogens with one attached hydrogen (secondary N) is 1. The Morgan fingerprint density at radius 2 is 2.00 bits per heavy atom. The number of hydrogen-bond donors (Lipinski definition) is 1.